The predicted molar refractivity (Wildman–Crippen MR) is 121 cm³/mol. The van der Waals surface area contributed by atoms with Gasteiger partial charge in [0.2, 0.25) is 5.95 Å². The standard InChI is InChI=1S/C22H19N6O4P/c1-3-28-20(10-14(2)26-28)21(29)25-22-24-18-11-16(12-23)6-9-19(18)27(22)13-15-4-7-17(8-5-15)32-33(30)31/h4-11H,3,13H2,1-2H3,(H-,24,25,29,30,31)/p+1. The van der Waals surface area contributed by atoms with Gasteiger partial charge in [-0.15, -0.1) is 4.89 Å². The molecule has 0 fully saturated rings. The van der Waals surface area contributed by atoms with E-state index in [-0.39, 0.29) is 11.7 Å². The quantitative estimate of drug-likeness (QED) is 0.398. The highest BCUT2D eigenvalue weighted by Gasteiger charge is 2.19. The third kappa shape index (κ3) is 4.75. The fraction of sp³-hybridized carbons (Fsp3) is 0.182. The van der Waals surface area contributed by atoms with Gasteiger partial charge in [0.05, 0.1) is 34.9 Å². The molecule has 4 aromatic rings. The lowest BCUT2D eigenvalue weighted by Gasteiger charge is -2.11. The summed E-state index contributed by atoms with van der Waals surface area (Å²) in [6.45, 7) is 4.63. The number of fused-ring (bicyclic) bond motifs is 1. The predicted octanol–water partition coefficient (Wildman–Crippen LogP) is 3.76. The van der Waals surface area contributed by atoms with E-state index in [1.165, 1.54) is 0 Å². The molecule has 2 aromatic carbocycles. The largest absolute Gasteiger partial charge is 0.747 e. The topological polar surface area (TPSA) is 135 Å². The van der Waals surface area contributed by atoms with Crippen LogP contribution in [0.3, 0.4) is 0 Å². The molecule has 166 valence electrons. The molecule has 0 aliphatic carbocycles. The van der Waals surface area contributed by atoms with E-state index in [1.54, 1.807) is 53.2 Å². The fourth-order valence-electron chi connectivity index (χ4n) is 3.52. The van der Waals surface area contributed by atoms with E-state index in [4.69, 9.17) is 9.42 Å². The van der Waals surface area contributed by atoms with Crippen LogP contribution in [0.1, 0.15) is 34.2 Å². The molecule has 0 aliphatic rings. The summed E-state index contributed by atoms with van der Waals surface area (Å²) in [7, 11) is -2.74. The van der Waals surface area contributed by atoms with Crippen molar-refractivity contribution < 1.29 is 18.8 Å². The minimum atomic E-state index is -2.74. The maximum Gasteiger partial charge on any atom is 0.747 e. The van der Waals surface area contributed by atoms with Gasteiger partial charge in [-0.25, -0.2) is 9.51 Å². The normalized spacial score (nSPS) is 11.3. The summed E-state index contributed by atoms with van der Waals surface area (Å²) in [6.07, 6.45) is 0. The van der Waals surface area contributed by atoms with Gasteiger partial charge in [-0.3, -0.25) is 14.8 Å². The zero-order valence-electron chi connectivity index (χ0n) is 17.9. The Hall–Kier alpha value is -4.06. The van der Waals surface area contributed by atoms with Crippen molar-refractivity contribution in [2.24, 2.45) is 0 Å². The summed E-state index contributed by atoms with van der Waals surface area (Å²) in [4.78, 5) is 26.5. The Balaban J connectivity index is 1.71. The first kappa shape index (κ1) is 22.1. The number of benzene rings is 2. The van der Waals surface area contributed by atoms with Crippen LogP contribution in [0.25, 0.3) is 11.0 Å². The number of carbonyl (C=O) groups is 1. The minimum absolute atomic E-state index is 0.272. The van der Waals surface area contributed by atoms with Crippen LogP contribution >= 0.6 is 8.25 Å². The zero-order valence-corrected chi connectivity index (χ0v) is 18.8. The van der Waals surface area contributed by atoms with Gasteiger partial charge < -0.3 is 4.57 Å². The first-order valence-electron chi connectivity index (χ1n) is 10.1. The Kier molecular flexibility index (Phi) is 6.18. The maximum absolute atomic E-state index is 13.0. The second kappa shape index (κ2) is 9.20. The van der Waals surface area contributed by atoms with Crippen LogP contribution in [0.5, 0.6) is 5.75 Å². The first-order valence-corrected chi connectivity index (χ1v) is 11.2. The van der Waals surface area contributed by atoms with Crippen LogP contribution in [0.2, 0.25) is 0 Å². The number of nitrogens with zero attached hydrogens (tertiary/aromatic N) is 5. The minimum Gasteiger partial charge on any atom is -0.305 e. The summed E-state index contributed by atoms with van der Waals surface area (Å²) >= 11 is 0. The molecule has 0 radical (unpaired) electrons. The number of nitrogens with one attached hydrogen (secondary N) is 1. The maximum atomic E-state index is 13.0. The molecule has 33 heavy (non-hydrogen) atoms. The first-order chi connectivity index (χ1) is 15.9. The third-order valence-electron chi connectivity index (χ3n) is 4.98. The average molecular weight is 463 g/mol. The number of aromatic nitrogens is 4. The van der Waals surface area contributed by atoms with E-state index in [0.29, 0.717) is 35.8 Å². The Morgan fingerprint density at radius 2 is 2.00 bits per heavy atom. The number of imidazole rings is 1. The highest BCUT2D eigenvalue weighted by atomic mass is 31.1. The number of carbonyl (C=O) groups excluding carboxylic acids is 1. The monoisotopic (exact) mass is 463 g/mol. The SMILES string of the molecule is CCn1nc(C)cc1C(=O)Nc1nc2cc(C#N)ccc2n1Cc1ccc(O[P+](=O)O)cc1. The molecule has 1 atom stereocenters. The molecule has 4 rings (SSSR count). The lowest BCUT2D eigenvalue weighted by molar-refractivity contribution is 0.101. The van der Waals surface area contributed by atoms with Crippen LogP contribution in [-0.2, 0) is 17.7 Å². The zero-order chi connectivity index (χ0) is 23.5. The van der Waals surface area contributed by atoms with Crippen LogP contribution in [0.15, 0.2) is 48.5 Å². The van der Waals surface area contributed by atoms with E-state index < -0.39 is 8.25 Å². The highest BCUT2D eigenvalue weighted by molar-refractivity contribution is 7.32. The van der Waals surface area contributed by atoms with Gasteiger partial charge >= 0.3 is 8.25 Å². The van der Waals surface area contributed by atoms with Gasteiger partial charge in [-0.05, 0) is 55.8 Å². The molecule has 0 spiro atoms. The van der Waals surface area contributed by atoms with E-state index in [1.807, 2.05) is 18.4 Å². The highest BCUT2D eigenvalue weighted by Crippen LogP contribution is 2.26. The van der Waals surface area contributed by atoms with E-state index in [2.05, 4.69) is 21.5 Å². The van der Waals surface area contributed by atoms with Crippen molar-refractivity contribution in [1.29, 1.82) is 5.26 Å². The molecule has 0 saturated carbocycles. The molecule has 2 aromatic heterocycles. The average Bonchev–Trinajstić information content (AvgIpc) is 3.34. The van der Waals surface area contributed by atoms with E-state index in [9.17, 15) is 14.6 Å². The van der Waals surface area contributed by atoms with Crippen LogP contribution < -0.4 is 9.84 Å². The molecular weight excluding hydrogens is 443 g/mol. The molecule has 0 aliphatic heterocycles. The van der Waals surface area contributed by atoms with Gasteiger partial charge in [0, 0.05) is 11.1 Å². The van der Waals surface area contributed by atoms with Crippen molar-refractivity contribution >= 4 is 31.1 Å². The van der Waals surface area contributed by atoms with Crippen LogP contribution in [-0.4, -0.2) is 30.1 Å². The second-order valence-corrected chi connectivity index (χ2v) is 7.91. The van der Waals surface area contributed by atoms with E-state index >= 15 is 0 Å². The van der Waals surface area contributed by atoms with Gasteiger partial charge in [-0.1, -0.05) is 12.1 Å². The number of aryl methyl sites for hydroxylation is 2. The van der Waals surface area contributed by atoms with Gasteiger partial charge in [0.25, 0.3) is 5.91 Å². The summed E-state index contributed by atoms with van der Waals surface area (Å²) in [5, 5.41) is 16.4. The Labute approximate surface area is 190 Å². The van der Waals surface area contributed by atoms with Gasteiger partial charge in [0.15, 0.2) is 5.75 Å². The van der Waals surface area contributed by atoms with Crippen molar-refractivity contribution in [1.82, 2.24) is 19.3 Å². The van der Waals surface area contributed by atoms with Crippen molar-refractivity contribution in [2.45, 2.75) is 26.9 Å². The molecule has 1 amide bonds. The molecular formula is C22H20N6O4P+. The fourth-order valence-corrected chi connectivity index (χ4v) is 3.82. The van der Waals surface area contributed by atoms with Crippen molar-refractivity contribution in [2.75, 3.05) is 5.32 Å². The summed E-state index contributed by atoms with van der Waals surface area (Å²) in [5.74, 6) is 0.253. The van der Waals surface area contributed by atoms with Crippen LogP contribution in [0, 0.1) is 18.3 Å². The molecule has 11 heteroatoms. The number of hydrogen-bond acceptors (Lipinski definition) is 6. The van der Waals surface area contributed by atoms with Crippen molar-refractivity contribution in [3.8, 4) is 11.8 Å². The Morgan fingerprint density at radius 1 is 1.24 bits per heavy atom. The molecule has 1 unspecified atom stereocenters. The molecule has 0 bridgehead atoms. The molecule has 10 nitrogen and oxygen atoms in total. The Morgan fingerprint density at radius 3 is 2.67 bits per heavy atom. The van der Waals surface area contributed by atoms with E-state index in [0.717, 1.165) is 16.8 Å². The molecule has 2 N–H and O–H groups in total. The Bertz CT molecular complexity index is 1400. The number of nitriles is 1. The summed E-state index contributed by atoms with van der Waals surface area (Å²) in [6, 6.07) is 15.6. The second-order valence-electron chi connectivity index (χ2n) is 7.25. The van der Waals surface area contributed by atoms with Crippen molar-refractivity contribution in [3.05, 3.63) is 71.0 Å². The number of hydrogen-bond donors (Lipinski definition) is 2. The van der Waals surface area contributed by atoms with Gasteiger partial charge in [0.1, 0.15) is 5.69 Å². The summed E-state index contributed by atoms with van der Waals surface area (Å²) in [5.41, 5.74) is 3.78. The number of rotatable bonds is 7. The van der Waals surface area contributed by atoms with Crippen LogP contribution in [0.4, 0.5) is 5.95 Å². The third-order valence-corrected chi connectivity index (χ3v) is 5.35. The smallest absolute Gasteiger partial charge is 0.305 e. The lowest BCUT2D eigenvalue weighted by Crippen LogP contribution is -2.20. The lowest BCUT2D eigenvalue weighted by atomic mass is 10.2. The van der Waals surface area contributed by atoms with Crippen molar-refractivity contribution in [3.63, 3.8) is 0 Å². The number of anilines is 1. The molecule has 0 saturated heterocycles. The molecule has 2 heterocycles. The van der Waals surface area contributed by atoms with Gasteiger partial charge in [-0.2, -0.15) is 10.4 Å². The number of amides is 1. The summed E-state index contributed by atoms with van der Waals surface area (Å²) < 4.78 is 19.1.